The monoisotopic (exact) mass is 980 g/mol. The van der Waals surface area contributed by atoms with Crippen LogP contribution in [0.4, 0.5) is 22.1 Å². The Morgan fingerprint density at radius 2 is 1.23 bits per heavy atom. The largest absolute Gasteiger partial charge is 0.806 e. The van der Waals surface area contributed by atoms with E-state index in [0.29, 0.717) is 23.3 Å². The molecule has 9 rings (SSSR count). The first-order valence-electron chi connectivity index (χ1n) is 22.1. The van der Waals surface area contributed by atoms with Gasteiger partial charge in [-0.05, 0) is 87.8 Å². The van der Waals surface area contributed by atoms with E-state index in [1.807, 2.05) is 68.1 Å². The number of nitrogen functional groups attached to an aromatic ring is 1. The lowest BCUT2D eigenvalue weighted by Gasteiger charge is -2.14. The first-order chi connectivity index (χ1) is 32.7. The highest BCUT2D eigenvalue weighted by Gasteiger charge is 2.30. The Bertz CT molecular complexity index is 3150. The first kappa shape index (κ1) is 49.4. The number of nitrogens with zero attached hydrogens (tertiary/aromatic N) is 13. The van der Waals surface area contributed by atoms with Gasteiger partial charge in [0.2, 0.25) is 5.03 Å². The number of rotatable bonds is 12. The molecule has 0 unspecified atom stereocenters. The SMILES string of the molecule is CN(C)c1cc[n+](C([O-])=NS(=O)(=O)c2ccn(C3CC3)n2)cc1.Cc1nc(C(C)C)c(N)n1-c1ccncc1.Cc1nc(C(C)C)c(NC(=O)NS(=O)(=O)c2ccn(C3CC3)n2)n1-c1ccncc1. The van der Waals surface area contributed by atoms with Crippen LogP contribution in [0.15, 0.2) is 113 Å². The predicted octanol–water partition coefficient (Wildman–Crippen LogP) is 4.55. The van der Waals surface area contributed by atoms with Gasteiger partial charge >= 0.3 is 16.1 Å². The molecule has 0 spiro atoms. The second-order valence-electron chi connectivity index (χ2n) is 17.2. The Kier molecular flexibility index (Phi) is 14.6. The molecule has 0 aromatic carbocycles. The minimum atomic E-state index is -4.11. The number of nitrogens with one attached hydrogen (secondary N) is 2. The Hall–Kier alpha value is -7.47. The molecule has 7 aromatic rings. The zero-order valence-electron chi connectivity index (χ0n) is 39.5. The van der Waals surface area contributed by atoms with Gasteiger partial charge in [0.25, 0.3) is 16.0 Å². The maximum absolute atomic E-state index is 12.6. The Morgan fingerprint density at radius 3 is 1.72 bits per heavy atom. The van der Waals surface area contributed by atoms with Gasteiger partial charge in [-0.15, -0.1) is 0 Å². The fourth-order valence-corrected chi connectivity index (χ4v) is 8.72. The topological polar surface area (TPSA) is 275 Å². The van der Waals surface area contributed by atoms with Crippen LogP contribution < -0.4 is 30.3 Å². The van der Waals surface area contributed by atoms with E-state index in [4.69, 9.17) is 5.73 Å². The van der Waals surface area contributed by atoms with Crippen LogP contribution in [0.25, 0.3) is 11.4 Å². The molecule has 4 N–H and O–H groups in total. The van der Waals surface area contributed by atoms with Crippen molar-refractivity contribution in [2.75, 3.05) is 30.0 Å². The third-order valence-corrected chi connectivity index (χ3v) is 13.2. The standard InChI is InChI=1S/C19H23N7O3S.C14H17N5O3S.C12H16N4/c1-12(2)17-18(26(13(3)21-17)15-6-9-20-10-7-15)22-19(27)24-30(28,29)16-8-11-25(23-16)14-4-5-14;1-17(2)11-5-8-18(9-6-11)14(20)16-23(21,22)13-7-10-19(15-13)12-3-4-12;1-8(2)11-12(13)16(9(3)15-11)10-4-6-14-7-5-10/h6-12,14H,4-5H2,1-3H3,(H2,22,24,27);5-10,12H,3-4H2,1-2H3;4-8H,13H2,1-3H3. The van der Waals surface area contributed by atoms with E-state index < -0.39 is 32.1 Å². The van der Waals surface area contributed by atoms with Crippen LogP contribution in [0.1, 0.15) is 100 Å². The molecule has 0 atom stereocenters. The number of nitrogens with two attached hydrogens (primary N) is 1. The minimum Gasteiger partial charge on any atom is -0.806 e. The molecule has 0 bridgehead atoms. The molecule has 2 saturated carbocycles. The fourth-order valence-electron chi connectivity index (χ4n) is 7.05. The van der Waals surface area contributed by atoms with Crippen LogP contribution in [-0.4, -0.2) is 91.6 Å². The van der Waals surface area contributed by atoms with Crippen LogP contribution in [0, 0.1) is 13.8 Å². The van der Waals surface area contributed by atoms with Crippen LogP contribution in [0.5, 0.6) is 0 Å². The number of pyridine rings is 3. The third-order valence-electron chi connectivity index (χ3n) is 10.9. The molecule has 0 radical (unpaired) electrons. The minimum absolute atomic E-state index is 0.00735. The number of hydrogen-bond acceptors (Lipinski definition) is 14. The van der Waals surface area contributed by atoms with Crippen molar-refractivity contribution >= 4 is 49.4 Å². The van der Waals surface area contributed by atoms with Crippen molar-refractivity contribution in [3.05, 3.63) is 121 Å². The number of sulfonamides is 2. The van der Waals surface area contributed by atoms with Crippen molar-refractivity contribution in [2.45, 2.75) is 101 Å². The molecule has 7 heterocycles. The molecule has 24 heteroatoms. The van der Waals surface area contributed by atoms with Gasteiger partial charge in [-0.1, -0.05) is 27.7 Å². The van der Waals surface area contributed by atoms with E-state index in [-0.39, 0.29) is 28.1 Å². The van der Waals surface area contributed by atoms with Gasteiger partial charge in [0.1, 0.15) is 23.3 Å². The summed E-state index contributed by atoms with van der Waals surface area (Å²) in [6.45, 7) is 11.9. The molecule has 0 aliphatic heterocycles. The quantitative estimate of drug-likeness (QED) is 0.0862. The number of carbonyl (C=O) groups is 1. The van der Waals surface area contributed by atoms with Gasteiger partial charge in [-0.2, -0.15) is 27.0 Å². The van der Waals surface area contributed by atoms with Crippen LogP contribution in [-0.2, 0) is 20.0 Å². The second-order valence-corrected chi connectivity index (χ2v) is 20.4. The number of aryl methyl sites for hydroxylation is 2. The van der Waals surface area contributed by atoms with Crippen molar-refractivity contribution < 1.29 is 31.3 Å². The van der Waals surface area contributed by atoms with Gasteiger partial charge in [-0.3, -0.25) is 33.8 Å². The Labute approximate surface area is 400 Å². The summed E-state index contributed by atoms with van der Waals surface area (Å²) in [5.74, 6) is 3.04. The molecule has 2 fully saturated rings. The fraction of sp³-hybridized carbons (Fsp3) is 0.356. The second kappa shape index (κ2) is 20.4. The van der Waals surface area contributed by atoms with Crippen molar-refractivity contribution in [3.63, 3.8) is 0 Å². The maximum atomic E-state index is 12.6. The molecule has 69 heavy (non-hydrogen) atoms. The molecular formula is C45H56N16O6S2. The maximum Gasteiger partial charge on any atom is 0.388 e. The summed E-state index contributed by atoms with van der Waals surface area (Å²) in [6.07, 6.45) is 16.9. The summed E-state index contributed by atoms with van der Waals surface area (Å²) < 4.78 is 62.9. The lowest BCUT2D eigenvalue weighted by molar-refractivity contribution is -0.613. The van der Waals surface area contributed by atoms with E-state index >= 15 is 0 Å². The average molecular weight is 981 g/mol. The van der Waals surface area contributed by atoms with E-state index in [2.05, 4.69) is 53.7 Å². The third kappa shape index (κ3) is 11.8. The number of imidazole rings is 2. The smallest absolute Gasteiger partial charge is 0.388 e. The van der Waals surface area contributed by atoms with Crippen molar-refractivity contribution in [1.29, 1.82) is 0 Å². The van der Waals surface area contributed by atoms with E-state index in [1.54, 1.807) is 75.4 Å². The molecule has 2 aliphatic rings. The van der Waals surface area contributed by atoms with Crippen molar-refractivity contribution in [2.24, 2.45) is 4.40 Å². The lowest BCUT2D eigenvalue weighted by Crippen LogP contribution is -2.51. The zero-order valence-corrected chi connectivity index (χ0v) is 41.2. The normalized spacial score (nSPS) is 13.9. The number of carbonyl (C=O) groups excluding carboxylic acids is 1. The first-order valence-corrected chi connectivity index (χ1v) is 25.1. The van der Waals surface area contributed by atoms with E-state index in [1.165, 1.54) is 24.5 Å². The van der Waals surface area contributed by atoms with E-state index in [9.17, 15) is 26.7 Å². The molecule has 0 saturated heterocycles. The number of urea groups is 1. The highest BCUT2D eigenvalue weighted by atomic mass is 32.2. The highest BCUT2D eigenvalue weighted by Crippen LogP contribution is 2.35. The lowest BCUT2D eigenvalue weighted by atomic mass is 10.1. The molecule has 364 valence electrons. The van der Waals surface area contributed by atoms with Crippen LogP contribution in [0.2, 0.25) is 0 Å². The predicted molar refractivity (Wildman–Crippen MR) is 256 cm³/mol. The van der Waals surface area contributed by atoms with Crippen molar-refractivity contribution in [3.8, 4) is 11.4 Å². The molecule has 22 nitrogen and oxygen atoms in total. The zero-order chi connectivity index (χ0) is 49.8. The summed E-state index contributed by atoms with van der Waals surface area (Å²) in [7, 11) is -4.47. The Morgan fingerprint density at radius 1 is 0.754 bits per heavy atom. The molecular weight excluding hydrogens is 925 g/mol. The van der Waals surface area contributed by atoms with Crippen molar-refractivity contribution in [1.82, 2.24) is 53.4 Å². The number of hydrogen-bond donors (Lipinski definition) is 3. The highest BCUT2D eigenvalue weighted by molar-refractivity contribution is 7.90. The number of amides is 2. The van der Waals surface area contributed by atoms with Gasteiger partial charge in [0, 0.05) is 73.5 Å². The van der Waals surface area contributed by atoms with Crippen LogP contribution >= 0.6 is 0 Å². The summed E-state index contributed by atoms with van der Waals surface area (Å²) in [5, 5.41) is 22.4. The number of anilines is 3. The summed E-state index contributed by atoms with van der Waals surface area (Å²) >= 11 is 0. The Balaban J connectivity index is 0.000000160. The number of aromatic nitrogens is 11. The summed E-state index contributed by atoms with van der Waals surface area (Å²) in [4.78, 5) is 31.6. The van der Waals surface area contributed by atoms with Gasteiger partial charge in [-0.25, -0.2) is 24.1 Å². The van der Waals surface area contributed by atoms with Gasteiger partial charge in [0.15, 0.2) is 5.03 Å². The molecule has 7 aromatic heterocycles. The molecule has 2 amide bonds. The average Bonchev–Trinajstić information content (AvgIpc) is 4.16. The van der Waals surface area contributed by atoms with E-state index in [0.717, 1.165) is 64.6 Å². The van der Waals surface area contributed by atoms with Crippen LogP contribution in [0.3, 0.4) is 0 Å². The van der Waals surface area contributed by atoms with Gasteiger partial charge in [0.05, 0.1) is 47.2 Å². The summed E-state index contributed by atoms with van der Waals surface area (Å²) in [6, 6.07) is 12.3. The molecule has 2 aliphatic carbocycles. The summed E-state index contributed by atoms with van der Waals surface area (Å²) in [5.41, 5.74) is 10.4. The van der Waals surface area contributed by atoms with Gasteiger partial charge < -0.3 is 15.7 Å².